The first kappa shape index (κ1) is 20.0. The second-order valence-corrected chi connectivity index (χ2v) is 7.84. The first-order chi connectivity index (χ1) is 13.6. The average molecular weight is 398 g/mol. The van der Waals surface area contributed by atoms with Gasteiger partial charge in [-0.2, -0.15) is 5.26 Å². The van der Waals surface area contributed by atoms with E-state index in [2.05, 4.69) is 37.0 Å². The number of aromatic nitrogens is 1. The molecule has 1 fully saturated rings. The van der Waals surface area contributed by atoms with Crippen molar-refractivity contribution < 1.29 is 0 Å². The summed E-state index contributed by atoms with van der Waals surface area (Å²) in [5, 5.41) is 19.3. The summed E-state index contributed by atoms with van der Waals surface area (Å²) in [4.78, 5) is 13.3. The van der Waals surface area contributed by atoms with Gasteiger partial charge in [-0.3, -0.25) is 4.99 Å². The van der Waals surface area contributed by atoms with Gasteiger partial charge in [0, 0.05) is 45.7 Å². The molecule has 0 radical (unpaired) electrons. The van der Waals surface area contributed by atoms with Gasteiger partial charge >= 0.3 is 0 Å². The van der Waals surface area contributed by atoms with Crippen molar-refractivity contribution in [1.29, 1.82) is 5.26 Å². The van der Waals surface area contributed by atoms with Crippen LogP contribution >= 0.6 is 11.3 Å². The summed E-state index contributed by atoms with van der Waals surface area (Å²) in [5.74, 6) is 0.778. The second-order valence-electron chi connectivity index (χ2n) is 7.00. The normalized spacial score (nSPS) is 17.1. The van der Waals surface area contributed by atoms with Crippen LogP contribution in [0.25, 0.3) is 0 Å². The van der Waals surface area contributed by atoms with E-state index in [1.165, 1.54) is 0 Å². The Morgan fingerprint density at radius 1 is 1.43 bits per heavy atom. The number of piperidine rings is 1. The SMILES string of the molecule is CN=C(NCc1csc(N(C)C)n1)NC1CCCN(c2ccccc2C#N)C1. The molecule has 28 heavy (non-hydrogen) atoms. The van der Waals surface area contributed by atoms with E-state index in [4.69, 9.17) is 0 Å². The van der Waals surface area contributed by atoms with Crippen LogP contribution in [0.1, 0.15) is 24.1 Å². The Balaban J connectivity index is 1.57. The maximum atomic E-state index is 9.38. The minimum absolute atomic E-state index is 0.277. The predicted molar refractivity (Wildman–Crippen MR) is 116 cm³/mol. The molecule has 1 aromatic carbocycles. The zero-order valence-corrected chi connectivity index (χ0v) is 17.5. The summed E-state index contributed by atoms with van der Waals surface area (Å²) in [7, 11) is 5.78. The van der Waals surface area contributed by atoms with E-state index >= 15 is 0 Å². The molecule has 0 aliphatic carbocycles. The van der Waals surface area contributed by atoms with Crippen LogP contribution in [0.15, 0.2) is 34.6 Å². The summed E-state index contributed by atoms with van der Waals surface area (Å²) in [6.07, 6.45) is 2.15. The van der Waals surface area contributed by atoms with Crippen molar-refractivity contribution in [3.63, 3.8) is 0 Å². The van der Waals surface area contributed by atoms with Gasteiger partial charge in [-0.1, -0.05) is 12.1 Å². The van der Waals surface area contributed by atoms with Crippen molar-refractivity contribution in [2.75, 3.05) is 44.0 Å². The van der Waals surface area contributed by atoms with Crippen molar-refractivity contribution in [3.8, 4) is 6.07 Å². The molecule has 1 saturated heterocycles. The standard InChI is InChI=1S/C20H27N7S/c1-22-19(23-12-17-14-28-20(25-17)26(2)3)24-16-8-6-10-27(13-16)18-9-5-4-7-15(18)11-21/h4-5,7,9,14,16H,6,8,10,12-13H2,1-3H3,(H2,22,23,24). The Bertz CT molecular complexity index is 852. The largest absolute Gasteiger partial charge is 0.368 e. The smallest absolute Gasteiger partial charge is 0.191 e. The molecular formula is C20H27N7S. The Kier molecular flexibility index (Phi) is 6.71. The van der Waals surface area contributed by atoms with Gasteiger partial charge in [0.25, 0.3) is 0 Å². The number of rotatable bonds is 5. The number of guanidine groups is 1. The quantitative estimate of drug-likeness (QED) is 0.596. The third kappa shape index (κ3) is 4.93. The molecule has 8 heteroatoms. The Morgan fingerprint density at radius 3 is 2.96 bits per heavy atom. The third-order valence-corrected chi connectivity index (χ3v) is 5.77. The van der Waals surface area contributed by atoms with Gasteiger partial charge in [0.1, 0.15) is 6.07 Å². The highest BCUT2D eigenvalue weighted by Crippen LogP contribution is 2.23. The van der Waals surface area contributed by atoms with E-state index in [1.807, 2.05) is 43.3 Å². The maximum Gasteiger partial charge on any atom is 0.191 e. The van der Waals surface area contributed by atoms with Gasteiger partial charge in [-0.25, -0.2) is 4.98 Å². The number of nitrogens with one attached hydrogen (secondary N) is 2. The van der Waals surface area contributed by atoms with E-state index < -0.39 is 0 Å². The number of nitrogens with zero attached hydrogens (tertiary/aromatic N) is 5. The number of hydrogen-bond donors (Lipinski definition) is 2. The van der Waals surface area contributed by atoms with E-state index in [9.17, 15) is 5.26 Å². The van der Waals surface area contributed by atoms with Gasteiger partial charge in [0.2, 0.25) is 0 Å². The van der Waals surface area contributed by atoms with E-state index in [1.54, 1.807) is 18.4 Å². The second kappa shape index (κ2) is 9.42. The summed E-state index contributed by atoms with van der Waals surface area (Å²) < 4.78 is 0. The zero-order valence-electron chi connectivity index (χ0n) is 16.6. The van der Waals surface area contributed by atoms with E-state index in [0.717, 1.165) is 54.0 Å². The molecule has 0 spiro atoms. The highest BCUT2D eigenvalue weighted by Gasteiger charge is 2.22. The Hall–Kier alpha value is -2.79. The predicted octanol–water partition coefficient (Wildman–Crippen LogP) is 2.41. The lowest BCUT2D eigenvalue weighted by Crippen LogP contribution is -2.51. The van der Waals surface area contributed by atoms with Crippen LogP contribution in [0.4, 0.5) is 10.8 Å². The van der Waals surface area contributed by atoms with Gasteiger partial charge in [0.15, 0.2) is 11.1 Å². The molecule has 2 N–H and O–H groups in total. The van der Waals surface area contributed by atoms with Crippen molar-refractivity contribution in [3.05, 3.63) is 40.9 Å². The molecule has 1 aliphatic heterocycles. The highest BCUT2D eigenvalue weighted by atomic mass is 32.1. The zero-order chi connectivity index (χ0) is 19.9. The molecule has 7 nitrogen and oxygen atoms in total. The summed E-state index contributed by atoms with van der Waals surface area (Å²) in [5.41, 5.74) is 2.74. The summed E-state index contributed by atoms with van der Waals surface area (Å²) >= 11 is 1.64. The lowest BCUT2D eigenvalue weighted by Gasteiger charge is -2.35. The van der Waals surface area contributed by atoms with Gasteiger partial charge in [-0.05, 0) is 25.0 Å². The molecule has 1 atom stereocenters. The Morgan fingerprint density at radius 2 is 2.25 bits per heavy atom. The number of para-hydroxylation sites is 1. The fourth-order valence-corrected chi connectivity index (χ4v) is 4.06. The maximum absolute atomic E-state index is 9.38. The molecule has 0 amide bonds. The van der Waals surface area contributed by atoms with E-state index in [-0.39, 0.29) is 6.04 Å². The number of aliphatic imine (C=N–C) groups is 1. The van der Waals surface area contributed by atoms with Crippen LogP contribution < -0.4 is 20.4 Å². The van der Waals surface area contributed by atoms with Crippen LogP contribution in [-0.4, -0.2) is 51.2 Å². The third-order valence-electron chi connectivity index (χ3n) is 4.71. The summed E-state index contributed by atoms with van der Waals surface area (Å²) in [6, 6.07) is 10.4. The fourth-order valence-electron chi connectivity index (χ4n) is 3.30. The van der Waals surface area contributed by atoms with Crippen LogP contribution in [0, 0.1) is 11.3 Å². The molecule has 1 aliphatic rings. The molecule has 0 saturated carbocycles. The number of nitriles is 1. The summed E-state index contributed by atoms with van der Waals surface area (Å²) in [6.45, 7) is 2.45. The van der Waals surface area contributed by atoms with Crippen LogP contribution in [-0.2, 0) is 6.54 Å². The number of anilines is 2. The molecule has 2 aromatic rings. The highest BCUT2D eigenvalue weighted by molar-refractivity contribution is 7.13. The minimum Gasteiger partial charge on any atom is -0.368 e. The van der Waals surface area contributed by atoms with Gasteiger partial charge in [-0.15, -0.1) is 11.3 Å². The minimum atomic E-state index is 0.277. The van der Waals surface area contributed by atoms with Crippen molar-refractivity contribution in [2.45, 2.75) is 25.4 Å². The van der Waals surface area contributed by atoms with Crippen LogP contribution in [0.5, 0.6) is 0 Å². The van der Waals surface area contributed by atoms with Crippen molar-refractivity contribution in [2.24, 2.45) is 4.99 Å². The first-order valence-corrected chi connectivity index (χ1v) is 10.3. The molecule has 2 heterocycles. The molecule has 1 unspecified atom stereocenters. The number of thiazole rings is 1. The van der Waals surface area contributed by atoms with Crippen LogP contribution in [0.2, 0.25) is 0 Å². The lowest BCUT2D eigenvalue weighted by atomic mass is 10.0. The van der Waals surface area contributed by atoms with E-state index in [0.29, 0.717) is 6.54 Å². The fraction of sp³-hybridized carbons (Fsp3) is 0.450. The molecule has 0 bridgehead atoms. The molecule has 148 valence electrons. The molecular weight excluding hydrogens is 370 g/mol. The monoisotopic (exact) mass is 397 g/mol. The topological polar surface area (TPSA) is 79.6 Å². The number of benzene rings is 1. The number of hydrogen-bond acceptors (Lipinski definition) is 6. The lowest BCUT2D eigenvalue weighted by molar-refractivity contribution is 0.467. The molecule has 1 aromatic heterocycles. The first-order valence-electron chi connectivity index (χ1n) is 9.43. The van der Waals surface area contributed by atoms with Crippen molar-refractivity contribution >= 4 is 28.1 Å². The van der Waals surface area contributed by atoms with Gasteiger partial charge < -0.3 is 20.4 Å². The average Bonchev–Trinajstić information content (AvgIpc) is 3.20. The Labute approximate surface area is 170 Å². The van der Waals surface area contributed by atoms with Crippen molar-refractivity contribution in [1.82, 2.24) is 15.6 Å². The van der Waals surface area contributed by atoms with Crippen LogP contribution in [0.3, 0.4) is 0 Å². The van der Waals surface area contributed by atoms with Gasteiger partial charge in [0.05, 0.1) is 23.5 Å². The molecule has 3 rings (SSSR count).